The molecule has 2 rings (SSSR count). The zero-order chi connectivity index (χ0) is 25.0. The average Bonchev–Trinajstić information content (AvgIpc) is 2.49. The van der Waals surface area contributed by atoms with E-state index in [2.05, 4.69) is 0 Å². The lowest BCUT2D eigenvalue weighted by Crippen LogP contribution is -2.52. The summed E-state index contributed by atoms with van der Waals surface area (Å²) in [5, 5.41) is 19.2. The van der Waals surface area contributed by atoms with Gasteiger partial charge in [-0.25, -0.2) is 9.59 Å². The minimum atomic E-state index is -0.466. The number of piperidine rings is 2. The molecule has 32 heavy (non-hydrogen) atoms. The molecule has 2 N–H and O–H groups in total. The van der Waals surface area contributed by atoms with Crippen molar-refractivity contribution in [1.82, 2.24) is 9.80 Å². The van der Waals surface area contributed by atoms with Crippen LogP contribution in [-0.2, 0) is 9.47 Å². The number of carbonyl (C=O) groups is 2. The quantitative estimate of drug-likeness (QED) is 0.561. The predicted octanol–water partition coefficient (Wildman–Crippen LogP) is 4.31. The highest BCUT2D eigenvalue weighted by Crippen LogP contribution is 2.26. The number of aliphatic hydroxyl groups is 2. The molecule has 0 aromatic heterocycles. The van der Waals surface area contributed by atoms with Crippen LogP contribution in [0.25, 0.3) is 0 Å². The lowest BCUT2D eigenvalue weighted by atomic mass is 9.95. The highest BCUT2D eigenvalue weighted by atomic mass is 16.6. The fraction of sp³-hybridized carbons (Fsp3) is 0.917. The van der Waals surface area contributed by atoms with Gasteiger partial charge in [0.1, 0.15) is 11.2 Å². The number of likely N-dealkylation sites (tertiary alicyclic amines) is 2. The van der Waals surface area contributed by atoms with Crippen molar-refractivity contribution < 1.29 is 29.3 Å². The molecule has 0 aliphatic carbocycles. The molecule has 0 spiro atoms. The first-order valence-electron chi connectivity index (χ1n) is 11.8. The molecule has 8 heteroatoms. The number of hydrogen-bond donors (Lipinski definition) is 2. The van der Waals surface area contributed by atoms with Gasteiger partial charge in [-0.3, -0.25) is 0 Å². The third kappa shape index (κ3) is 9.14. The second-order valence-corrected chi connectivity index (χ2v) is 11.4. The molecule has 188 valence electrons. The van der Waals surface area contributed by atoms with Crippen molar-refractivity contribution in [1.29, 1.82) is 0 Å². The van der Waals surface area contributed by atoms with Gasteiger partial charge in [-0.2, -0.15) is 0 Å². The smallest absolute Gasteiger partial charge is 0.410 e. The van der Waals surface area contributed by atoms with E-state index in [1.807, 2.05) is 69.2 Å². The van der Waals surface area contributed by atoms with Crippen LogP contribution in [0.3, 0.4) is 0 Å². The first-order valence-corrected chi connectivity index (χ1v) is 11.8. The summed E-state index contributed by atoms with van der Waals surface area (Å²) in [7, 11) is 0. The summed E-state index contributed by atoms with van der Waals surface area (Å²) in [6.45, 7) is 18.9. The lowest BCUT2D eigenvalue weighted by Gasteiger charge is -2.41. The molecule has 4 atom stereocenters. The van der Waals surface area contributed by atoms with Crippen LogP contribution in [0.5, 0.6) is 0 Å². The Morgan fingerprint density at radius 3 is 1.03 bits per heavy atom. The number of carbonyl (C=O) groups excluding carboxylic acids is 2. The molecule has 2 heterocycles. The third-order valence-corrected chi connectivity index (χ3v) is 5.56. The van der Waals surface area contributed by atoms with Crippen molar-refractivity contribution in [3.05, 3.63) is 0 Å². The van der Waals surface area contributed by atoms with Crippen LogP contribution in [0.15, 0.2) is 0 Å². The van der Waals surface area contributed by atoms with Gasteiger partial charge in [-0.15, -0.1) is 0 Å². The van der Waals surface area contributed by atoms with Gasteiger partial charge in [-0.1, -0.05) is 0 Å². The second-order valence-electron chi connectivity index (χ2n) is 11.4. The Labute approximate surface area is 194 Å². The zero-order valence-corrected chi connectivity index (χ0v) is 21.7. The molecule has 0 saturated carbocycles. The molecule has 0 aromatic carbocycles. The number of amides is 2. The summed E-state index contributed by atoms with van der Waals surface area (Å²) in [4.78, 5) is 27.4. The number of ether oxygens (including phenoxy) is 2. The molecule has 8 nitrogen and oxygen atoms in total. The molecule has 2 aliphatic rings. The van der Waals surface area contributed by atoms with Crippen LogP contribution in [0, 0.1) is 0 Å². The van der Waals surface area contributed by atoms with Crippen molar-refractivity contribution in [3.8, 4) is 0 Å². The van der Waals surface area contributed by atoms with Crippen molar-refractivity contribution in [2.75, 3.05) is 0 Å². The lowest BCUT2D eigenvalue weighted by molar-refractivity contribution is -0.0237. The van der Waals surface area contributed by atoms with Crippen LogP contribution in [0.4, 0.5) is 9.59 Å². The van der Waals surface area contributed by atoms with Gasteiger partial charge < -0.3 is 29.5 Å². The van der Waals surface area contributed by atoms with Crippen LogP contribution < -0.4 is 0 Å². The molecule has 0 aromatic rings. The third-order valence-electron chi connectivity index (χ3n) is 5.56. The molecular formula is C24H46N2O6. The van der Waals surface area contributed by atoms with E-state index < -0.39 is 11.2 Å². The SMILES string of the molecule is C[C@@H]1CC(O)C[C@@H](C)N1C(=O)OC(C)(C)C.C[C@H]1CC(O)C[C@H](C)N1C(=O)OC(C)(C)C. The molecule has 2 saturated heterocycles. The molecule has 0 unspecified atom stereocenters. The molecule has 2 aliphatic heterocycles. The van der Waals surface area contributed by atoms with Gasteiger partial charge in [0.25, 0.3) is 0 Å². The van der Waals surface area contributed by atoms with Gasteiger partial charge in [0, 0.05) is 24.2 Å². The van der Waals surface area contributed by atoms with Gasteiger partial charge >= 0.3 is 12.2 Å². The summed E-state index contributed by atoms with van der Waals surface area (Å²) in [6, 6.07) is 0.143. The topological polar surface area (TPSA) is 99.5 Å². The highest BCUT2D eigenvalue weighted by Gasteiger charge is 2.36. The van der Waals surface area contributed by atoms with Crippen LogP contribution in [0.2, 0.25) is 0 Å². The van der Waals surface area contributed by atoms with E-state index in [0.29, 0.717) is 25.7 Å². The minimum absolute atomic E-state index is 0.0357. The number of nitrogens with zero attached hydrogens (tertiary/aromatic N) is 2. The van der Waals surface area contributed by atoms with Crippen molar-refractivity contribution >= 4 is 12.2 Å². The maximum absolute atomic E-state index is 12.0. The first kappa shape index (κ1) is 28.5. The normalized spacial score (nSPS) is 31.4. The molecule has 2 amide bonds. The Morgan fingerprint density at radius 1 is 0.625 bits per heavy atom. The Balaban J connectivity index is 0.000000320. The molecule has 0 bridgehead atoms. The van der Waals surface area contributed by atoms with Crippen LogP contribution >= 0.6 is 0 Å². The molecule has 2 fully saturated rings. The standard InChI is InChI=1S/2C12H23NO3/c2*1-8-6-10(14)7-9(2)13(8)11(15)16-12(3,4)5/h2*8-10,14H,6-7H2,1-5H3/t2*8-,9-/m10/s1. The highest BCUT2D eigenvalue weighted by molar-refractivity contribution is 5.69. The number of aliphatic hydroxyl groups excluding tert-OH is 2. The fourth-order valence-electron chi connectivity index (χ4n) is 4.44. The number of rotatable bonds is 0. The summed E-state index contributed by atoms with van der Waals surface area (Å²) in [6.07, 6.45) is 1.35. The van der Waals surface area contributed by atoms with Gasteiger partial charge in [0.15, 0.2) is 0 Å². The summed E-state index contributed by atoms with van der Waals surface area (Å²) in [5.74, 6) is 0. The molecular weight excluding hydrogens is 412 g/mol. The predicted molar refractivity (Wildman–Crippen MR) is 124 cm³/mol. The Kier molecular flexibility index (Phi) is 9.84. The van der Waals surface area contributed by atoms with Crippen LogP contribution in [0.1, 0.15) is 94.9 Å². The maximum Gasteiger partial charge on any atom is 0.410 e. The number of hydrogen-bond acceptors (Lipinski definition) is 6. The summed E-state index contributed by atoms with van der Waals surface area (Å²) >= 11 is 0. The maximum atomic E-state index is 12.0. The second kappa shape index (κ2) is 11.1. The summed E-state index contributed by atoms with van der Waals surface area (Å²) in [5.41, 5.74) is -0.931. The van der Waals surface area contributed by atoms with Crippen molar-refractivity contribution in [2.24, 2.45) is 0 Å². The Morgan fingerprint density at radius 2 is 0.844 bits per heavy atom. The van der Waals surface area contributed by atoms with E-state index in [1.165, 1.54) is 0 Å². The van der Waals surface area contributed by atoms with E-state index in [9.17, 15) is 19.8 Å². The fourth-order valence-corrected chi connectivity index (χ4v) is 4.44. The van der Waals surface area contributed by atoms with Crippen molar-refractivity contribution in [2.45, 2.75) is 142 Å². The van der Waals surface area contributed by atoms with E-state index >= 15 is 0 Å². The van der Waals surface area contributed by atoms with E-state index in [0.717, 1.165) is 0 Å². The zero-order valence-electron chi connectivity index (χ0n) is 21.7. The van der Waals surface area contributed by atoms with E-state index in [-0.39, 0.29) is 48.6 Å². The Hall–Kier alpha value is -1.54. The van der Waals surface area contributed by atoms with Gasteiger partial charge in [0.05, 0.1) is 12.2 Å². The summed E-state index contributed by atoms with van der Waals surface area (Å²) < 4.78 is 10.7. The van der Waals surface area contributed by atoms with E-state index in [1.54, 1.807) is 9.80 Å². The molecule has 0 radical (unpaired) electrons. The van der Waals surface area contributed by atoms with Crippen LogP contribution in [-0.4, -0.2) is 79.8 Å². The first-order chi connectivity index (χ1) is 14.4. The van der Waals surface area contributed by atoms with E-state index in [4.69, 9.17) is 9.47 Å². The minimum Gasteiger partial charge on any atom is -0.444 e. The average molecular weight is 459 g/mol. The monoisotopic (exact) mass is 458 g/mol. The largest absolute Gasteiger partial charge is 0.444 e. The van der Waals surface area contributed by atoms with Crippen molar-refractivity contribution in [3.63, 3.8) is 0 Å². The Bertz CT molecular complexity index is 549. The van der Waals surface area contributed by atoms with Gasteiger partial charge in [-0.05, 0) is 94.9 Å². The van der Waals surface area contributed by atoms with Gasteiger partial charge in [0.2, 0.25) is 0 Å².